The molecule has 0 saturated carbocycles. The molecular formula is C22H23N3O2. The monoisotopic (exact) mass is 361 g/mol. The minimum atomic E-state index is -0.0195. The van der Waals surface area contributed by atoms with Crippen molar-refractivity contribution in [3.63, 3.8) is 0 Å². The van der Waals surface area contributed by atoms with Crippen LogP contribution in [0, 0.1) is 0 Å². The zero-order valence-electron chi connectivity index (χ0n) is 15.6. The Morgan fingerprint density at radius 1 is 1.04 bits per heavy atom. The highest BCUT2D eigenvalue weighted by Gasteiger charge is 2.21. The summed E-state index contributed by atoms with van der Waals surface area (Å²) < 4.78 is 5.25. The summed E-state index contributed by atoms with van der Waals surface area (Å²) in [5.41, 5.74) is 2.97. The molecule has 0 fully saturated rings. The number of benzene rings is 2. The molecule has 1 amide bonds. The van der Waals surface area contributed by atoms with E-state index >= 15 is 0 Å². The maximum atomic E-state index is 12.9. The largest absolute Gasteiger partial charge is 0.497 e. The van der Waals surface area contributed by atoms with Crippen LogP contribution >= 0.6 is 0 Å². The van der Waals surface area contributed by atoms with E-state index in [9.17, 15) is 4.79 Å². The molecule has 3 rings (SSSR count). The van der Waals surface area contributed by atoms with Gasteiger partial charge in [-0.1, -0.05) is 42.5 Å². The first kappa shape index (κ1) is 18.6. The Labute approximate surface area is 159 Å². The SMILES string of the molecule is COc1ccc(C(CC(=O)N(C)Cc2cnccn2)c2ccccc2)cc1. The summed E-state index contributed by atoms with van der Waals surface area (Å²) in [5, 5.41) is 0. The number of aromatic nitrogens is 2. The van der Waals surface area contributed by atoms with Crippen molar-refractivity contribution >= 4 is 5.91 Å². The van der Waals surface area contributed by atoms with Crippen LogP contribution < -0.4 is 4.74 Å². The molecular weight excluding hydrogens is 338 g/mol. The number of rotatable bonds is 7. The summed E-state index contributed by atoms with van der Waals surface area (Å²) in [7, 11) is 3.45. The van der Waals surface area contributed by atoms with Crippen LogP contribution in [-0.2, 0) is 11.3 Å². The van der Waals surface area contributed by atoms with Crippen molar-refractivity contribution in [1.82, 2.24) is 14.9 Å². The Morgan fingerprint density at radius 3 is 2.37 bits per heavy atom. The Balaban J connectivity index is 1.79. The van der Waals surface area contributed by atoms with Crippen LogP contribution in [0.1, 0.15) is 29.2 Å². The molecule has 2 aromatic carbocycles. The van der Waals surface area contributed by atoms with Gasteiger partial charge in [0.15, 0.2) is 0 Å². The van der Waals surface area contributed by atoms with Gasteiger partial charge in [0.1, 0.15) is 5.75 Å². The fourth-order valence-electron chi connectivity index (χ4n) is 3.02. The van der Waals surface area contributed by atoms with E-state index in [0.29, 0.717) is 13.0 Å². The lowest BCUT2D eigenvalue weighted by atomic mass is 9.88. The highest BCUT2D eigenvalue weighted by atomic mass is 16.5. The molecule has 0 aliphatic rings. The van der Waals surface area contributed by atoms with E-state index in [2.05, 4.69) is 22.1 Å². The molecule has 0 N–H and O–H groups in total. The molecule has 5 nitrogen and oxygen atoms in total. The molecule has 138 valence electrons. The fourth-order valence-corrected chi connectivity index (χ4v) is 3.02. The molecule has 1 aromatic heterocycles. The van der Waals surface area contributed by atoms with Crippen LogP contribution in [0.15, 0.2) is 73.2 Å². The van der Waals surface area contributed by atoms with Crippen molar-refractivity contribution in [2.24, 2.45) is 0 Å². The van der Waals surface area contributed by atoms with Gasteiger partial charge in [0, 0.05) is 31.8 Å². The zero-order valence-corrected chi connectivity index (χ0v) is 15.6. The number of nitrogens with zero attached hydrogens (tertiary/aromatic N) is 3. The summed E-state index contributed by atoms with van der Waals surface area (Å²) in [6.45, 7) is 0.441. The van der Waals surface area contributed by atoms with Gasteiger partial charge in [-0.3, -0.25) is 14.8 Å². The molecule has 1 heterocycles. The topological polar surface area (TPSA) is 55.3 Å². The van der Waals surface area contributed by atoms with E-state index in [1.807, 2.05) is 42.5 Å². The van der Waals surface area contributed by atoms with Crippen molar-refractivity contribution in [3.8, 4) is 5.75 Å². The highest BCUT2D eigenvalue weighted by molar-refractivity contribution is 5.77. The van der Waals surface area contributed by atoms with Gasteiger partial charge in [-0.2, -0.15) is 0 Å². The summed E-state index contributed by atoms with van der Waals surface area (Å²) in [6, 6.07) is 18.0. The first-order chi connectivity index (χ1) is 13.2. The van der Waals surface area contributed by atoms with Crippen molar-refractivity contribution in [2.45, 2.75) is 18.9 Å². The van der Waals surface area contributed by atoms with E-state index < -0.39 is 0 Å². The molecule has 0 bridgehead atoms. The third kappa shape index (κ3) is 4.91. The average Bonchev–Trinajstić information content (AvgIpc) is 2.73. The quantitative estimate of drug-likeness (QED) is 0.644. The second-order valence-corrected chi connectivity index (χ2v) is 6.39. The number of carbonyl (C=O) groups is 1. The molecule has 0 aliphatic carbocycles. The number of amides is 1. The van der Waals surface area contributed by atoms with Crippen molar-refractivity contribution in [3.05, 3.63) is 90.0 Å². The first-order valence-electron chi connectivity index (χ1n) is 8.85. The summed E-state index contributed by atoms with van der Waals surface area (Å²) in [4.78, 5) is 22.9. The van der Waals surface area contributed by atoms with Crippen LogP contribution in [0.3, 0.4) is 0 Å². The van der Waals surface area contributed by atoms with E-state index in [4.69, 9.17) is 4.74 Å². The lowest BCUT2D eigenvalue weighted by Crippen LogP contribution is -2.28. The standard InChI is InChI=1S/C22H23N3O2/c1-25(16-19-15-23-12-13-24-19)22(26)14-21(17-6-4-3-5-7-17)18-8-10-20(27-2)11-9-18/h3-13,15,21H,14,16H2,1-2H3. The van der Waals surface area contributed by atoms with Crippen LogP contribution in [0.25, 0.3) is 0 Å². The van der Waals surface area contributed by atoms with Crippen LogP contribution in [0.5, 0.6) is 5.75 Å². The first-order valence-corrected chi connectivity index (χ1v) is 8.85. The predicted molar refractivity (Wildman–Crippen MR) is 104 cm³/mol. The van der Waals surface area contributed by atoms with E-state index in [0.717, 1.165) is 22.6 Å². The Hall–Kier alpha value is -3.21. The smallest absolute Gasteiger partial charge is 0.223 e. The minimum absolute atomic E-state index is 0.0195. The second kappa shape index (κ2) is 8.94. The van der Waals surface area contributed by atoms with E-state index in [1.54, 1.807) is 37.6 Å². The molecule has 3 aromatic rings. The molecule has 0 aliphatic heterocycles. The molecule has 1 atom stereocenters. The molecule has 5 heteroatoms. The highest BCUT2D eigenvalue weighted by Crippen LogP contribution is 2.30. The van der Waals surface area contributed by atoms with Gasteiger partial charge in [-0.25, -0.2) is 0 Å². The number of hydrogen-bond acceptors (Lipinski definition) is 4. The van der Waals surface area contributed by atoms with E-state index in [1.165, 1.54) is 0 Å². The third-order valence-corrected chi connectivity index (χ3v) is 4.54. The summed E-state index contributed by atoms with van der Waals surface area (Å²) in [5.74, 6) is 0.843. The van der Waals surface area contributed by atoms with Gasteiger partial charge >= 0.3 is 0 Å². The Bertz CT molecular complexity index is 852. The number of carbonyl (C=O) groups excluding carboxylic acids is 1. The predicted octanol–water partition coefficient (Wildman–Crippen LogP) is 3.67. The second-order valence-electron chi connectivity index (χ2n) is 6.39. The minimum Gasteiger partial charge on any atom is -0.497 e. The van der Waals surface area contributed by atoms with Gasteiger partial charge in [0.05, 0.1) is 25.5 Å². The van der Waals surface area contributed by atoms with Gasteiger partial charge in [-0.05, 0) is 23.3 Å². The lowest BCUT2D eigenvalue weighted by Gasteiger charge is -2.22. The van der Waals surface area contributed by atoms with Gasteiger partial charge < -0.3 is 9.64 Å². The molecule has 0 saturated heterocycles. The Morgan fingerprint density at radius 2 is 1.74 bits per heavy atom. The van der Waals surface area contributed by atoms with E-state index in [-0.39, 0.29) is 11.8 Å². The van der Waals surface area contributed by atoms with Gasteiger partial charge in [0.2, 0.25) is 5.91 Å². The van der Waals surface area contributed by atoms with Crippen molar-refractivity contribution < 1.29 is 9.53 Å². The fraction of sp³-hybridized carbons (Fsp3) is 0.227. The third-order valence-electron chi connectivity index (χ3n) is 4.54. The molecule has 0 spiro atoms. The molecule has 27 heavy (non-hydrogen) atoms. The van der Waals surface area contributed by atoms with Gasteiger partial charge in [0.25, 0.3) is 0 Å². The number of hydrogen-bond donors (Lipinski definition) is 0. The summed E-state index contributed by atoms with van der Waals surface area (Å²) in [6.07, 6.45) is 5.33. The zero-order chi connectivity index (χ0) is 19.1. The van der Waals surface area contributed by atoms with Gasteiger partial charge in [-0.15, -0.1) is 0 Å². The van der Waals surface area contributed by atoms with Crippen molar-refractivity contribution in [1.29, 1.82) is 0 Å². The summed E-state index contributed by atoms with van der Waals surface area (Å²) >= 11 is 0. The lowest BCUT2D eigenvalue weighted by molar-refractivity contribution is -0.130. The average molecular weight is 361 g/mol. The maximum Gasteiger partial charge on any atom is 0.223 e. The van der Waals surface area contributed by atoms with Crippen LogP contribution in [0.2, 0.25) is 0 Å². The maximum absolute atomic E-state index is 12.9. The number of ether oxygens (including phenoxy) is 1. The van der Waals surface area contributed by atoms with Crippen LogP contribution in [0.4, 0.5) is 0 Å². The number of methoxy groups -OCH3 is 1. The molecule has 1 unspecified atom stereocenters. The Kier molecular flexibility index (Phi) is 6.15. The normalized spacial score (nSPS) is 11.6. The molecule has 0 radical (unpaired) electrons. The van der Waals surface area contributed by atoms with Crippen molar-refractivity contribution in [2.75, 3.05) is 14.2 Å². The van der Waals surface area contributed by atoms with Crippen LogP contribution in [-0.4, -0.2) is 34.9 Å².